The van der Waals surface area contributed by atoms with Gasteiger partial charge in [0.1, 0.15) is 0 Å². The number of ketones is 1. The second-order valence-corrected chi connectivity index (χ2v) is 4.91. The maximum atomic E-state index is 12.4. The van der Waals surface area contributed by atoms with Gasteiger partial charge in [-0.3, -0.25) is 9.59 Å². The number of carboxylic acid groups (broad SMARTS) is 1. The summed E-state index contributed by atoms with van der Waals surface area (Å²) in [7, 11) is 0. The van der Waals surface area contributed by atoms with Crippen molar-refractivity contribution in [3.63, 3.8) is 0 Å². The van der Waals surface area contributed by atoms with Crippen LogP contribution in [0.3, 0.4) is 0 Å². The lowest BCUT2D eigenvalue weighted by atomic mass is 9.78. The fourth-order valence-corrected chi connectivity index (χ4v) is 2.50. The van der Waals surface area contributed by atoms with Crippen LogP contribution < -0.4 is 0 Å². The summed E-state index contributed by atoms with van der Waals surface area (Å²) in [5, 5.41) is 9.20. The summed E-state index contributed by atoms with van der Waals surface area (Å²) >= 11 is 0. The molecule has 3 heteroatoms. The van der Waals surface area contributed by atoms with E-state index in [1.807, 2.05) is 24.3 Å². The van der Waals surface area contributed by atoms with Gasteiger partial charge in [0.2, 0.25) is 0 Å². The quantitative estimate of drug-likeness (QED) is 0.667. The van der Waals surface area contributed by atoms with E-state index in [2.05, 4.69) is 6.92 Å². The number of hydrogen-bond acceptors (Lipinski definition) is 2. The first-order valence-corrected chi connectivity index (χ1v) is 6.64. The summed E-state index contributed by atoms with van der Waals surface area (Å²) in [6.45, 7) is 2.06. The van der Waals surface area contributed by atoms with Gasteiger partial charge in [-0.05, 0) is 24.8 Å². The third-order valence-electron chi connectivity index (χ3n) is 3.73. The van der Waals surface area contributed by atoms with E-state index in [4.69, 9.17) is 0 Å². The lowest BCUT2D eigenvalue weighted by molar-refractivity contribution is -0.143. The molecule has 0 spiro atoms. The molecule has 0 fully saturated rings. The summed E-state index contributed by atoms with van der Waals surface area (Å²) in [4.78, 5) is 23.6. The Morgan fingerprint density at radius 1 is 1.11 bits per heavy atom. The van der Waals surface area contributed by atoms with Crippen LogP contribution >= 0.6 is 0 Å². The molecular formula is C16H18O3. The highest BCUT2D eigenvalue weighted by atomic mass is 16.4. The molecule has 0 bridgehead atoms. The molecule has 0 saturated carbocycles. The molecule has 0 aliphatic heterocycles. The minimum Gasteiger partial charge on any atom is -0.481 e. The molecule has 2 rings (SSSR count). The lowest BCUT2D eigenvalue weighted by Crippen LogP contribution is -2.31. The molecule has 0 radical (unpaired) electrons. The molecule has 100 valence electrons. The average molecular weight is 258 g/mol. The summed E-state index contributed by atoms with van der Waals surface area (Å²) < 4.78 is 0. The monoisotopic (exact) mass is 258 g/mol. The van der Waals surface area contributed by atoms with Gasteiger partial charge in [-0.25, -0.2) is 0 Å². The van der Waals surface area contributed by atoms with Gasteiger partial charge in [0, 0.05) is 11.5 Å². The number of benzene rings is 1. The van der Waals surface area contributed by atoms with Crippen LogP contribution in [0.4, 0.5) is 0 Å². The maximum Gasteiger partial charge on any atom is 0.307 e. The van der Waals surface area contributed by atoms with Crippen LogP contribution in [0.1, 0.15) is 35.7 Å². The lowest BCUT2D eigenvalue weighted by Gasteiger charge is -2.24. The van der Waals surface area contributed by atoms with E-state index in [1.165, 1.54) is 5.56 Å². The Morgan fingerprint density at radius 2 is 1.68 bits per heavy atom. The van der Waals surface area contributed by atoms with Gasteiger partial charge in [0.25, 0.3) is 0 Å². The van der Waals surface area contributed by atoms with E-state index in [0.29, 0.717) is 18.4 Å². The molecule has 0 amide bonds. The zero-order valence-corrected chi connectivity index (χ0v) is 11.0. The van der Waals surface area contributed by atoms with Gasteiger partial charge in [-0.2, -0.15) is 0 Å². The molecule has 3 nitrogen and oxygen atoms in total. The fraction of sp³-hybridized carbons (Fsp3) is 0.375. The van der Waals surface area contributed by atoms with Crippen LogP contribution in [-0.2, 0) is 11.2 Å². The number of hydrogen-bond donors (Lipinski definition) is 1. The number of carboxylic acids is 1. The molecule has 1 aliphatic carbocycles. The number of Topliss-reactive ketones (excluding diaryl/α,β-unsaturated/α-hetero) is 1. The number of carbonyl (C=O) groups excluding carboxylic acids is 1. The molecular weight excluding hydrogens is 240 g/mol. The average Bonchev–Trinajstić information content (AvgIpc) is 2.46. The minimum atomic E-state index is -0.882. The highest BCUT2D eigenvalue weighted by molar-refractivity contribution is 6.00. The molecule has 2 atom stereocenters. The van der Waals surface area contributed by atoms with Crippen LogP contribution in [0.5, 0.6) is 0 Å². The van der Waals surface area contributed by atoms with Gasteiger partial charge >= 0.3 is 5.97 Å². The van der Waals surface area contributed by atoms with E-state index < -0.39 is 17.8 Å². The zero-order chi connectivity index (χ0) is 13.8. The van der Waals surface area contributed by atoms with Gasteiger partial charge in [0.05, 0.1) is 5.92 Å². The molecule has 0 aromatic heterocycles. The first kappa shape index (κ1) is 13.5. The summed E-state index contributed by atoms with van der Waals surface area (Å²) in [6.07, 6.45) is 5.65. The number of aryl methyl sites for hydroxylation is 1. The van der Waals surface area contributed by atoms with Crippen LogP contribution in [0.15, 0.2) is 36.4 Å². The largest absolute Gasteiger partial charge is 0.481 e. The predicted octanol–water partition coefficient (Wildman–Crippen LogP) is 3.10. The number of carbonyl (C=O) groups is 2. The molecule has 19 heavy (non-hydrogen) atoms. The Bertz CT molecular complexity index is 499. The van der Waals surface area contributed by atoms with E-state index in [9.17, 15) is 14.7 Å². The van der Waals surface area contributed by atoms with Crippen molar-refractivity contribution in [1.29, 1.82) is 0 Å². The maximum absolute atomic E-state index is 12.4. The number of rotatable bonds is 4. The standard InChI is InChI=1S/C16H18O3/c1-2-11-7-9-12(10-8-11)15(17)13-5-3-4-6-14(13)16(18)19/h3-4,7-10,13-14H,2,5-6H2,1H3,(H,18,19). The van der Waals surface area contributed by atoms with E-state index in [1.54, 1.807) is 12.1 Å². The third kappa shape index (κ3) is 2.92. The van der Waals surface area contributed by atoms with Crippen molar-refractivity contribution in [2.45, 2.75) is 26.2 Å². The predicted molar refractivity (Wildman–Crippen MR) is 73.1 cm³/mol. The van der Waals surface area contributed by atoms with Crippen molar-refractivity contribution >= 4 is 11.8 Å². The van der Waals surface area contributed by atoms with Crippen molar-refractivity contribution in [1.82, 2.24) is 0 Å². The normalized spacial score (nSPS) is 22.2. The topological polar surface area (TPSA) is 54.4 Å². The molecule has 0 heterocycles. The first-order valence-electron chi connectivity index (χ1n) is 6.64. The summed E-state index contributed by atoms with van der Waals surface area (Å²) in [5.41, 5.74) is 1.79. The van der Waals surface area contributed by atoms with Crippen molar-refractivity contribution < 1.29 is 14.7 Å². The Labute approximate surface area is 113 Å². The fourth-order valence-electron chi connectivity index (χ4n) is 2.50. The van der Waals surface area contributed by atoms with Crippen molar-refractivity contribution in [2.75, 3.05) is 0 Å². The number of allylic oxidation sites excluding steroid dienone is 2. The van der Waals surface area contributed by atoms with E-state index in [-0.39, 0.29) is 5.78 Å². The van der Waals surface area contributed by atoms with E-state index >= 15 is 0 Å². The van der Waals surface area contributed by atoms with Crippen LogP contribution in [-0.4, -0.2) is 16.9 Å². The number of aliphatic carboxylic acids is 1. The SMILES string of the molecule is CCc1ccc(C(=O)C2CC=CCC2C(=O)O)cc1. The van der Waals surface area contributed by atoms with Gasteiger partial charge in [-0.1, -0.05) is 43.3 Å². The minimum absolute atomic E-state index is 0.0561. The second-order valence-electron chi connectivity index (χ2n) is 4.91. The zero-order valence-electron chi connectivity index (χ0n) is 11.0. The summed E-state index contributed by atoms with van der Waals surface area (Å²) in [5.74, 6) is -1.97. The first-order chi connectivity index (χ1) is 9.13. The van der Waals surface area contributed by atoms with Crippen molar-refractivity contribution in [2.24, 2.45) is 11.8 Å². The second kappa shape index (κ2) is 5.83. The Kier molecular flexibility index (Phi) is 4.15. The van der Waals surface area contributed by atoms with Crippen molar-refractivity contribution in [3.05, 3.63) is 47.5 Å². The molecule has 1 aromatic rings. The Hall–Kier alpha value is -1.90. The summed E-state index contributed by atoms with van der Waals surface area (Å²) in [6, 6.07) is 7.47. The Balaban J connectivity index is 2.21. The van der Waals surface area contributed by atoms with E-state index in [0.717, 1.165) is 6.42 Å². The third-order valence-corrected chi connectivity index (χ3v) is 3.73. The van der Waals surface area contributed by atoms with Gasteiger partial charge in [0.15, 0.2) is 5.78 Å². The Morgan fingerprint density at radius 3 is 2.21 bits per heavy atom. The van der Waals surface area contributed by atoms with Crippen molar-refractivity contribution in [3.8, 4) is 0 Å². The van der Waals surface area contributed by atoms with Crippen LogP contribution in [0.25, 0.3) is 0 Å². The van der Waals surface area contributed by atoms with Crippen LogP contribution in [0, 0.1) is 11.8 Å². The van der Waals surface area contributed by atoms with Gasteiger partial charge in [-0.15, -0.1) is 0 Å². The molecule has 1 N–H and O–H groups in total. The molecule has 2 unspecified atom stereocenters. The molecule has 1 aliphatic rings. The molecule has 1 aromatic carbocycles. The highest BCUT2D eigenvalue weighted by Crippen LogP contribution is 2.29. The van der Waals surface area contributed by atoms with Gasteiger partial charge < -0.3 is 5.11 Å². The van der Waals surface area contributed by atoms with Crippen LogP contribution in [0.2, 0.25) is 0 Å². The molecule has 0 saturated heterocycles. The smallest absolute Gasteiger partial charge is 0.307 e. The highest BCUT2D eigenvalue weighted by Gasteiger charge is 2.34.